The third-order valence-corrected chi connectivity index (χ3v) is 2.58. The second-order valence-corrected chi connectivity index (χ2v) is 3.59. The Hall–Kier alpha value is -1.20. The van der Waals surface area contributed by atoms with Crippen LogP contribution in [0.25, 0.3) is 0 Å². The summed E-state index contributed by atoms with van der Waals surface area (Å²) in [6, 6.07) is 9.96. The van der Waals surface area contributed by atoms with Gasteiger partial charge in [0.2, 0.25) is 0 Å². The molecule has 2 rings (SSSR count). The van der Waals surface area contributed by atoms with Crippen LogP contribution in [-0.2, 0) is 0 Å². The standard InChI is InChI=1S/C10H9ClN2/c11-9-3-1-2-4-10(9)13-6-8(5-12)7-13/h1-4,8H,6-7H2. The predicted molar refractivity (Wildman–Crippen MR) is 52.8 cm³/mol. The van der Waals surface area contributed by atoms with Crippen molar-refractivity contribution in [3.8, 4) is 6.07 Å². The van der Waals surface area contributed by atoms with E-state index < -0.39 is 0 Å². The van der Waals surface area contributed by atoms with Crippen LogP contribution in [0, 0.1) is 17.2 Å². The molecule has 0 N–H and O–H groups in total. The first-order valence-corrected chi connectivity index (χ1v) is 4.58. The molecule has 0 aliphatic carbocycles. The molecule has 1 fully saturated rings. The lowest BCUT2D eigenvalue weighted by atomic mass is 10.0. The summed E-state index contributed by atoms with van der Waals surface area (Å²) in [7, 11) is 0. The van der Waals surface area contributed by atoms with E-state index in [1.807, 2.05) is 24.3 Å². The maximum Gasteiger partial charge on any atom is 0.0813 e. The predicted octanol–water partition coefficient (Wildman–Crippen LogP) is 2.30. The summed E-state index contributed by atoms with van der Waals surface area (Å²) in [6.07, 6.45) is 0. The SMILES string of the molecule is N#CC1CN(c2ccccc2Cl)C1. The number of para-hydroxylation sites is 1. The molecular formula is C10H9ClN2. The van der Waals surface area contributed by atoms with Crippen LogP contribution in [0.3, 0.4) is 0 Å². The summed E-state index contributed by atoms with van der Waals surface area (Å²) in [5.41, 5.74) is 1.04. The molecule has 1 aliphatic heterocycles. The average Bonchev–Trinajstić information content (AvgIpc) is 2.06. The Bertz CT molecular complexity index is 350. The van der Waals surface area contributed by atoms with Gasteiger partial charge in [0.05, 0.1) is 22.7 Å². The quantitative estimate of drug-likeness (QED) is 0.683. The van der Waals surface area contributed by atoms with Crippen LogP contribution in [-0.4, -0.2) is 13.1 Å². The van der Waals surface area contributed by atoms with Gasteiger partial charge in [0.1, 0.15) is 0 Å². The second-order valence-electron chi connectivity index (χ2n) is 3.18. The lowest BCUT2D eigenvalue weighted by molar-refractivity contribution is 0.505. The molecular weight excluding hydrogens is 184 g/mol. The molecule has 13 heavy (non-hydrogen) atoms. The number of halogens is 1. The lowest BCUT2D eigenvalue weighted by Gasteiger charge is -2.37. The van der Waals surface area contributed by atoms with Crippen molar-refractivity contribution < 1.29 is 0 Å². The molecule has 1 saturated heterocycles. The van der Waals surface area contributed by atoms with E-state index in [1.54, 1.807) is 0 Å². The minimum absolute atomic E-state index is 0.177. The number of anilines is 1. The summed E-state index contributed by atoms with van der Waals surface area (Å²) in [5, 5.41) is 9.37. The molecule has 1 aliphatic rings. The summed E-state index contributed by atoms with van der Waals surface area (Å²) in [4.78, 5) is 2.12. The van der Waals surface area contributed by atoms with E-state index in [0.29, 0.717) is 0 Å². The van der Waals surface area contributed by atoms with Gasteiger partial charge in [0.15, 0.2) is 0 Å². The van der Waals surface area contributed by atoms with Crippen LogP contribution < -0.4 is 4.90 Å². The second kappa shape index (κ2) is 3.27. The number of nitriles is 1. The lowest BCUT2D eigenvalue weighted by Crippen LogP contribution is -2.46. The van der Waals surface area contributed by atoms with E-state index >= 15 is 0 Å². The van der Waals surface area contributed by atoms with Gasteiger partial charge in [0, 0.05) is 13.1 Å². The topological polar surface area (TPSA) is 27.0 Å². The molecule has 0 unspecified atom stereocenters. The Kier molecular flexibility index (Phi) is 2.12. The number of nitrogens with zero attached hydrogens (tertiary/aromatic N) is 2. The number of hydrogen-bond donors (Lipinski definition) is 0. The normalized spacial score (nSPS) is 16.5. The van der Waals surface area contributed by atoms with Crippen LogP contribution in [0.15, 0.2) is 24.3 Å². The Labute approximate surface area is 82.3 Å². The van der Waals surface area contributed by atoms with Gasteiger partial charge in [-0.15, -0.1) is 0 Å². The van der Waals surface area contributed by atoms with Crippen LogP contribution in [0.4, 0.5) is 5.69 Å². The van der Waals surface area contributed by atoms with Crippen molar-refractivity contribution in [2.24, 2.45) is 5.92 Å². The minimum atomic E-state index is 0.177. The third kappa shape index (κ3) is 1.48. The molecule has 0 saturated carbocycles. The zero-order valence-electron chi connectivity index (χ0n) is 7.07. The van der Waals surface area contributed by atoms with E-state index in [4.69, 9.17) is 16.9 Å². The van der Waals surface area contributed by atoms with Gasteiger partial charge in [-0.1, -0.05) is 23.7 Å². The largest absolute Gasteiger partial charge is 0.368 e. The van der Waals surface area contributed by atoms with E-state index in [2.05, 4.69) is 11.0 Å². The minimum Gasteiger partial charge on any atom is -0.368 e. The summed E-state index contributed by atoms with van der Waals surface area (Å²) in [6.45, 7) is 1.61. The fourth-order valence-electron chi connectivity index (χ4n) is 1.47. The van der Waals surface area contributed by atoms with E-state index in [9.17, 15) is 0 Å². The van der Waals surface area contributed by atoms with Gasteiger partial charge in [0.25, 0.3) is 0 Å². The molecule has 0 aromatic heterocycles. The molecule has 0 radical (unpaired) electrons. The molecule has 0 bridgehead atoms. The van der Waals surface area contributed by atoms with Gasteiger partial charge >= 0.3 is 0 Å². The highest BCUT2D eigenvalue weighted by Gasteiger charge is 2.27. The Morgan fingerprint density at radius 3 is 2.69 bits per heavy atom. The van der Waals surface area contributed by atoms with Crippen LogP contribution in [0.2, 0.25) is 5.02 Å². The molecule has 0 spiro atoms. The Morgan fingerprint density at radius 1 is 1.38 bits per heavy atom. The maximum absolute atomic E-state index is 8.61. The van der Waals surface area contributed by atoms with Crippen molar-refractivity contribution in [1.29, 1.82) is 5.26 Å². The van der Waals surface area contributed by atoms with Gasteiger partial charge in [-0.05, 0) is 12.1 Å². The van der Waals surface area contributed by atoms with Gasteiger partial charge in [-0.3, -0.25) is 0 Å². The first-order chi connectivity index (χ1) is 6.31. The summed E-state index contributed by atoms with van der Waals surface area (Å²) in [5.74, 6) is 0.177. The molecule has 1 heterocycles. The zero-order chi connectivity index (χ0) is 9.26. The fraction of sp³-hybridized carbons (Fsp3) is 0.300. The van der Waals surface area contributed by atoms with Gasteiger partial charge < -0.3 is 4.90 Å². The van der Waals surface area contributed by atoms with Crippen LogP contribution in [0.1, 0.15) is 0 Å². The van der Waals surface area contributed by atoms with Crippen molar-refractivity contribution in [3.63, 3.8) is 0 Å². The highest BCUT2D eigenvalue weighted by Crippen LogP contribution is 2.30. The molecule has 1 aromatic rings. The van der Waals surface area contributed by atoms with Crippen molar-refractivity contribution in [2.75, 3.05) is 18.0 Å². The average molecular weight is 193 g/mol. The first-order valence-electron chi connectivity index (χ1n) is 4.20. The highest BCUT2D eigenvalue weighted by atomic mass is 35.5. The van der Waals surface area contributed by atoms with E-state index in [-0.39, 0.29) is 5.92 Å². The molecule has 0 atom stereocenters. The highest BCUT2D eigenvalue weighted by molar-refractivity contribution is 6.33. The summed E-state index contributed by atoms with van der Waals surface area (Å²) >= 11 is 6.00. The molecule has 2 nitrogen and oxygen atoms in total. The number of hydrogen-bond acceptors (Lipinski definition) is 2. The Morgan fingerprint density at radius 2 is 2.08 bits per heavy atom. The Balaban J connectivity index is 2.12. The number of rotatable bonds is 1. The smallest absolute Gasteiger partial charge is 0.0813 e. The van der Waals surface area contributed by atoms with E-state index in [1.165, 1.54) is 0 Å². The summed E-state index contributed by atoms with van der Waals surface area (Å²) < 4.78 is 0. The third-order valence-electron chi connectivity index (χ3n) is 2.26. The zero-order valence-corrected chi connectivity index (χ0v) is 7.83. The molecule has 66 valence electrons. The van der Waals surface area contributed by atoms with Crippen molar-refractivity contribution >= 4 is 17.3 Å². The van der Waals surface area contributed by atoms with Crippen LogP contribution >= 0.6 is 11.6 Å². The number of benzene rings is 1. The molecule has 1 aromatic carbocycles. The van der Waals surface area contributed by atoms with E-state index in [0.717, 1.165) is 23.8 Å². The monoisotopic (exact) mass is 192 g/mol. The van der Waals surface area contributed by atoms with Crippen molar-refractivity contribution in [1.82, 2.24) is 0 Å². The molecule has 3 heteroatoms. The fourth-order valence-corrected chi connectivity index (χ4v) is 1.72. The molecule has 0 amide bonds. The maximum atomic E-state index is 8.61. The van der Waals surface area contributed by atoms with Crippen molar-refractivity contribution in [3.05, 3.63) is 29.3 Å². The first kappa shape index (κ1) is 8.40. The van der Waals surface area contributed by atoms with Crippen LogP contribution in [0.5, 0.6) is 0 Å². The van der Waals surface area contributed by atoms with Crippen molar-refractivity contribution in [2.45, 2.75) is 0 Å². The van der Waals surface area contributed by atoms with Gasteiger partial charge in [-0.25, -0.2) is 0 Å². The van der Waals surface area contributed by atoms with Gasteiger partial charge in [-0.2, -0.15) is 5.26 Å².